The molecule has 3 amide bonds. The summed E-state index contributed by atoms with van der Waals surface area (Å²) in [5.74, 6) is -0.626. The number of aromatic nitrogens is 2. The van der Waals surface area contributed by atoms with E-state index in [0.29, 0.717) is 18.8 Å². The Labute approximate surface area is 167 Å². The fourth-order valence-corrected chi connectivity index (χ4v) is 4.28. The molecular weight excluding hydrogens is 401 g/mol. The summed E-state index contributed by atoms with van der Waals surface area (Å²) in [5.41, 5.74) is 0.723. The number of amides is 3. The Morgan fingerprint density at radius 2 is 2.07 bits per heavy atom. The van der Waals surface area contributed by atoms with E-state index in [2.05, 4.69) is 15.7 Å². The summed E-state index contributed by atoms with van der Waals surface area (Å²) in [6.45, 7) is 3.66. The van der Waals surface area contributed by atoms with Crippen molar-refractivity contribution in [1.29, 1.82) is 0 Å². The lowest BCUT2D eigenvalue weighted by molar-refractivity contribution is -0.118. The van der Waals surface area contributed by atoms with Crippen molar-refractivity contribution < 1.29 is 22.4 Å². The Hall–Kier alpha value is -2.95. The number of hydrogen-bond donors (Lipinski definition) is 2. The SMILES string of the molecule is CCS(=O)(=O)c1cc(F)ccc1NC(=O)NC1CCN(c2cc(C)nn2C)C1=O. The van der Waals surface area contributed by atoms with Gasteiger partial charge in [0.05, 0.1) is 22.0 Å². The molecule has 11 heteroatoms. The van der Waals surface area contributed by atoms with E-state index in [-0.39, 0.29) is 22.2 Å². The minimum absolute atomic E-state index is 0.0460. The molecule has 9 nitrogen and oxygen atoms in total. The van der Waals surface area contributed by atoms with Gasteiger partial charge in [0.1, 0.15) is 17.7 Å². The van der Waals surface area contributed by atoms with Crippen LogP contribution in [0.1, 0.15) is 19.0 Å². The minimum atomic E-state index is -3.75. The van der Waals surface area contributed by atoms with Crippen LogP contribution < -0.4 is 15.5 Å². The van der Waals surface area contributed by atoms with E-state index in [0.717, 1.165) is 17.8 Å². The Kier molecular flexibility index (Phi) is 5.60. The van der Waals surface area contributed by atoms with Gasteiger partial charge >= 0.3 is 6.03 Å². The molecule has 1 saturated heterocycles. The van der Waals surface area contributed by atoms with Gasteiger partial charge in [-0.25, -0.2) is 17.6 Å². The molecule has 0 spiro atoms. The smallest absolute Gasteiger partial charge is 0.319 e. The molecule has 0 saturated carbocycles. The number of aryl methyl sites for hydroxylation is 2. The molecule has 1 aromatic carbocycles. The molecule has 29 heavy (non-hydrogen) atoms. The van der Waals surface area contributed by atoms with Crippen LogP contribution in [0.2, 0.25) is 0 Å². The van der Waals surface area contributed by atoms with Crippen LogP contribution in [-0.2, 0) is 21.7 Å². The first-order chi connectivity index (χ1) is 13.6. The lowest BCUT2D eigenvalue weighted by atomic mass is 10.2. The number of sulfone groups is 1. The Morgan fingerprint density at radius 3 is 2.69 bits per heavy atom. The van der Waals surface area contributed by atoms with Crippen molar-refractivity contribution in [3.63, 3.8) is 0 Å². The summed E-state index contributed by atoms with van der Waals surface area (Å²) in [4.78, 5) is 26.3. The molecule has 1 fully saturated rings. The maximum absolute atomic E-state index is 13.5. The van der Waals surface area contributed by atoms with E-state index in [1.807, 2.05) is 6.92 Å². The summed E-state index contributed by atoms with van der Waals surface area (Å²) in [7, 11) is -2.02. The van der Waals surface area contributed by atoms with Gasteiger partial charge in [0.25, 0.3) is 5.91 Å². The molecule has 2 aromatic rings. The maximum atomic E-state index is 13.5. The second-order valence-corrected chi connectivity index (χ2v) is 8.99. The Morgan fingerprint density at radius 1 is 1.34 bits per heavy atom. The third-order valence-electron chi connectivity index (χ3n) is 4.67. The highest BCUT2D eigenvalue weighted by Gasteiger charge is 2.35. The number of hydrogen-bond acceptors (Lipinski definition) is 5. The topological polar surface area (TPSA) is 113 Å². The summed E-state index contributed by atoms with van der Waals surface area (Å²) in [6.07, 6.45) is 0.389. The van der Waals surface area contributed by atoms with Crippen molar-refractivity contribution in [3.8, 4) is 0 Å². The van der Waals surface area contributed by atoms with Crippen molar-refractivity contribution in [2.75, 3.05) is 22.5 Å². The average Bonchev–Trinajstić information content (AvgIpc) is 3.17. The summed E-state index contributed by atoms with van der Waals surface area (Å²) in [5, 5.41) is 9.18. The highest BCUT2D eigenvalue weighted by Crippen LogP contribution is 2.25. The zero-order valence-corrected chi connectivity index (χ0v) is 17.1. The number of benzene rings is 1. The van der Waals surface area contributed by atoms with Crippen LogP contribution >= 0.6 is 0 Å². The number of carbonyl (C=O) groups is 2. The van der Waals surface area contributed by atoms with Crippen LogP contribution in [0.4, 0.5) is 20.7 Å². The molecule has 156 valence electrons. The number of rotatable bonds is 5. The van der Waals surface area contributed by atoms with E-state index in [9.17, 15) is 22.4 Å². The fraction of sp³-hybridized carbons (Fsp3) is 0.389. The van der Waals surface area contributed by atoms with E-state index < -0.39 is 27.7 Å². The monoisotopic (exact) mass is 423 g/mol. The van der Waals surface area contributed by atoms with Crippen molar-refractivity contribution in [1.82, 2.24) is 15.1 Å². The van der Waals surface area contributed by atoms with Crippen molar-refractivity contribution in [3.05, 3.63) is 35.8 Å². The lowest BCUT2D eigenvalue weighted by Gasteiger charge is -2.17. The Bertz CT molecular complexity index is 1070. The number of urea groups is 1. The lowest BCUT2D eigenvalue weighted by Crippen LogP contribution is -2.43. The molecule has 0 aliphatic carbocycles. The van der Waals surface area contributed by atoms with Gasteiger partial charge in [-0.15, -0.1) is 0 Å². The largest absolute Gasteiger partial charge is 0.326 e. The van der Waals surface area contributed by atoms with Gasteiger partial charge in [-0.3, -0.25) is 14.4 Å². The molecule has 1 aliphatic rings. The second-order valence-electron chi connectivity index (χ2n) is 6.74. The fourth-order valence-electron chi connectivity index (χ4n) is 3.22. The van der Waals surface area contributed by atoms with Gasteiger partial charge in [0.15, 0.2) is 9.84 Å². The minimum Gasteiger partial charge on any atom is -0.326 e. The van der Waals surface area contributed by atoms with Gasteiger partial charge in [-0.05, 0) is 31.5 Å². The van der Waals surface area contributed by atoms with E-state index in [4.69, 9.17) is 0 Å². The summed E-state index contributed by atoms with van der Waals surface area (Å²) < 4.78 is 39.5. The summed E-state index contributed by atoms with van der Waals surface area (Å²) >= 11 is 0. The van der Waals surface area contributed by atoms with E-state index in [1.54, 1.807) is 17.8 Å². The highest BCUT2D eigenvalue weighted by atomic mass is 32.2. The van der Waals surface area contributed by atoms with Gasteiger partial charge in [0, 0.05) is 19.7 Å². The van der Waals surface area contributed by atoms with Crippen molar-refractivity contribution in [2.45, 2.75) is 31.2 Å². The summed E-state index contributed by atoms with van der Waals surface area (Å²) in [6, 6.07) is 3.36. The van der Waals surface area contributed by atoms with E-state index >= 15 is 0 Å². The predicted molar refractivity (Wildman–Crippen MR) is 105 cm³/mol. The first kappa shape index (κ1) is 20.8. The molecule has 0 radical (unpaired) electrons. The molecule has 1 aromatic heterocycles. The third-order valence-corrected chi connectivity index (χ3v) is 6.44. The normalized spacial score (nSPS) is 16.9. The quantitative estimate of drug-likeness (QED) is 0.758. The Balaban J connectivity index is 1.72. The van der Waals surface area contributed by atoms with Gasteiger partial charge in [0.2, 0.25) is 0 Å². The van der Waals surface area contributed by atoms with Crippen LogP contribution in [0, 0.1) is 12.7 Å². The average molecular weight is 423 g/mol. The maximum Gasteiger partial charge on any atom is 0.319 e. The molecule has 1 unspecified atom stereocenters. The van der Waals surface area contributed by atoms with Gasteiger partial charge < -0.3 is 10.6 Å². The standard InChI is InChI=1S/C18H22FN5O4S/c1-4-29(27,28)15-10-12(19)5-6-13(15)20-18(26)21-14-7-8-24(17(14)25)16-9-11(2)22-23(16)3/h5-6,9-10,14H,4,7-8H2,1-3H3,(H2,20,21,26). The first-order valence-electron chi connectivity index (χ1n) is 9.04. The molecule has 2 heterocycles. The number of nitrogens with zero attached hydrogens (tertiary/aromatic N) is 3. The van der Waals surface area contributed by atoms with Crippen molar-refractivity contribution in [2.24, 2.45) is 7.05 Å². The molecule has 0 bridgehead atoms. The molecule has 2 N–H and O–H groups in total. The van der Waals surface area contributed by atoms with Crippen LogP contribution in [0.5, 0.6) is 0 Å². The van der Waals surface area contributed by atoms with Gasteiger partial charge in [-0.2, -0.15) is 5.10 Å². The second kappa shape index (κ2) is 7.82. The van der Waals surface area contributed by atoms with E-state index in [1.165, 1.54) is 17.9 Å². The van der Waals surface area contributed by atoms with Gasteiger partial charge in [-0.1, -0.05) is 6.92 Å². The molecule has 1 atom stereocenters. The molecular formula is C18H22FN5O4S. The highest BCUT2D eigenvalue weighted by molar-refractivity contribution is 7.91. The zero-order chi connectivity index (χ0) is 21.3. The first-order valence-corrected chi connectivity index (χ1v) is 10.7. The van der Waals surface area contributed by atoms with Crippen LogP contribution in [-0.4, -0.2) is 48.5 Å². The zero-order valence-electron chi connectivity index (χ0n) is 16.3. The molecule has 1 aliphatic heterocycles. The number of halogens is 1. The number of nitrogens with one attached hydrogen (secondary N) is 2. The van der Waals surface area contributed by atoms with Crippen LogP contribution in [0.25, 0.3) is 0 Å². The van der Waals surface area contributed by atoms with Crippen LogP contribution in [0.3, 0.4) is 0 Å². The number of anilines is 2. The predicted octanol–water partition coefficient (Wildman–Crippen LogP) is 1.59. The third kappa shape index (κ3) is 4.24. The number of carbonyl (C=O) groups excluding carboxylic acids is 2. The van der Waals surface area contributed by atoms with Crippen molar-refractivity contribution >= 4 is 33.3 Å². The molecule has 3 rings (SSSR count). The van der Waals surface area contributed by atoms with Crippen LogP contribution in [0.15, 0.2) is 29.2 Å².